The standard InChI is InChI=1S/C14H27O2P/c1-11-3-7-13(8-4-11)17(15,16)14-9-5-12(2)6-10-14/h11-14H,3-10H2,1-2H3,(H,15,16). The van der Waals surface area contributed by atoms with Crippen molar-refractivity contribution in [1.82, 2.24) is 0 Å². The summed E-state index contributed by atoms with van der Waals surface area (Å²) in [6.45, 7) is 4.53. The van der Waals surface area contributed by atoms with Crippen molar-refractivity contribution < 1.29 is 9.46 Å². The summed E-state index contributed by atoms with van der Waals surface area (Å²) in [4.78, 5) is 10.5. The molecular formula is C14H27O2P. The van der Waals surface area contributed by atoms with Crippen LogP contribution in [0.4, 0.5) is 0 Å². The first-order chi connectivity index (χ1) is 8.00. The van der Waals surface area contributed by atoms with Crippen LogP contribution in [0.15, 0.2) is 0 Å². The van der Waals surface area contributed by atoms with E-state index in [1.807, 2.05) is 0 Å². The fraction of sp³-hybridized carbons (Fsp3) is 1.00. The molecule has 0 aromatic carbocycles. The zero-order chi connectivity index (χ0) is 12.5. The smallest absolute Gasteiger partial charge is 0.206 e. The minimum Gasteiger partial charge on any atom is -0.344 e. The van der Waals surface area contributed by atoms with Crippen LogP contribution in [0.25, 0.3) is 0 Å². The van der Waals surface area contributed by atoms with Crippen LogP contribution >= 0.6 is 7.37 Å². The van der Waals surface area contributed by atoms with Gasteiger partial charge in [-0.15, -0.1) is 0 Å². The number of hydrogen-bond acceptors (Lipinski definition) is 1. The van der Waals surface area contributed by atoms with Crippen LogP contribution in [0.5, 0.6) is 0 Å². The molecule has 2 saturated carbocycles. The van der Waals surface area contributed by atoms with E-state index in [1.165, 1.54) is 0 Å². The highest BCUT2D eigenvalue weighted by Crippen LogP contribution is 2.60. The fourth-order valence-corrected chi connectivity index (χ4v) is 6.20. The summed E-state index contributed by atoms with van der Waals surface area (Å²) in [6, 6.07) is 0. The molecule has 0 unspecified atom stereocenters. The van der Waals surface area contributed by atoms with Crippen molar-refractivity contribution in [3.05, 3.63) is 0 Å². The SMILES string of the molecule is CC1CCC(P(=O)(O)C2CCC(C)CC2)CC1. The Balaban J connectivity index is 1.95. The van der Waals surface area contributed by atoms with Gasteiger partial charge >= 0.3 is 0 Å². The lowest BCUT2D eigenvalue weighted by Crippen LogP contribution is -2.26. The van der Waals surface area contributed by atoms with Gasteiger partial charge in [0.25, 0.3) is 0 Å². The molecule has 0 atom stereocenters. The van der Waals surface area contributed by atoms with Gasteiger partial charge in [0.1, 0.15) is 0 Å². The molecule has 0 aromatic heterocycles. The van der Waals surface area contributed by atoms with Gasteiger partial charge in [-0.3, -0.25) is 4.57 Å². The largest absolute Gasteiger partial charge is 0.344 e. The van der Waals surface area contributed by atoms with Crippen molar-refractivity contribution in [1.29, 1.82) is 0 Å². The molecule has 0 radical (unpaired) electrons. The first-order valence-electron chi connectivity index (χ1n) is 7.32. The molecule has 0 saturated heterocycles. The molecule has 100 valence electrons. The van der Waals surface area contributed by atoms with Gasteiger partial charge in [0, 0.05) is 11.3 Å². The average molecular weight is 258 g/mol. The van der Waals surface area contributed by atoms with Crippen LogP contribution in [0.3, 0.4) is 0 Å². The molecule has 2 aliphatic carbocycles. The highest BCUT2D eigenvalue weighted by molar-refractivity contribution is 7.59. The Bertz CT molecular complexity index is 261. The Morgan fingerprint density at radius 1 is 0.765 bits per heavy atom. The second-order valence-electron chi connectivity index (χ2n) is 6.50. The van der Waals surface area contributed by atoms with Crippen LogP contribution in [0.2, 0.25) is 0 Å². The third-order valence-corrected chi connectivity index (χ3v) is 8.14. The van der Waals surface area contributed by atoms with Crippen LogP contribution in [0, 0.1) is 11.8 Å². The van der Waals surface area contributed by atoms with Crippen molar-refractivity contribution in [2.45, 2.75) is 76.5 Å². The van der Waals surface area contributed by atoms with Gasteiger partial charge in [-0.2, -0.15) is 0 Å². The van der Waals surface area contributed by atoms with E-state index in [9.17, 15) is 9.46 Å². The lowest BCUT2D eigenvalue weighted by atomic mass is 9.90. The maximum atomic E-state index is 12.7. The van der Waals surface area contributed by atoms with Crippen molar-refractivity contribution in [3.8, 4) is 0 Å². The zero-order valence-corrected chi connectivity index (χ0v) is 12.2. The summed E-state index contributed by atoms with van der Waals surface area (Å²) in [5.74, 6) is 1.52. The molecule has 0 spiro atoms. The molecule has 1 N–H and O–H groups in total. The van der Waals surface area contributed by atoms with Crippen molar-refractivity contribution in [2.75, 3.05) is 0 Å². The fourth-order valence-electron chi connectivity index (χ4n) is 3.52. The van der Waals surface area contributed by atoms with Gasteiger partial charge in [-0.25, -0.2) is 0 Å². The minimum absolute atomic E-state index is 0.122. The van der Waals surface area contributed by atoms with Gasteiger partial charge in [-0.05, 0) is 63.2 Å². The first kappa shape index (κ1) is 13.6. The summed E-state index contributed by atoms with van der Waals surface area (Å²) in [5, 5.41) is 0. The average Bonchev–Trinajstić information content (AvgIpc) is 2.30. The summed E-state index contributed by atoms with van der Waals surface area (Å²) >= 11 is 0. The predicted molar refractivity (Wildman–Crippen MR) is 72.7 cm³/mol. The Morgan fingerprint density at radius 2 is 1.06 bits per heavy atom. The quantitative estimate of drug-likeness (QED) is 0.745. The van der Waals surface area contributed by atoms with E-state index in [-0.39, 0.29) is 11.3 Å². The summed E-state index contributed by atoms with van der Waals surface area (Å²) in [7, 11) is -2.90. The van der Waals surface area contributed by atoms with Gasteiger partial charge in [0.15, 0.2) is 0 Å². The van der Waals surface area contributed by atoms with Crippen molar-refractivity contribution in [3.63, 3.8) is 0 Å². The van der Waals surface area contributed by atoms with Crippen molar-refractivity contribution >= 4 is 7.37 Å². The zero-order valence-electron chi connectivity index (χ0n) is 11.3. The Labute approximate surface area is 106 Å². The lowest BCUT2D eigenvalue weighted by molar-refractivity contribution is 0.331. The first-order valence-corrected chi connectivity index (χ1v) is 9.12. The topological polar surface area (TPSA) is 37.3 Å². The van der Waals surface area contributed by atoms with E-state index < -0.39 is 7.37 Å². The van der Waals surface area contributed by atoms with Crippen LogP contribution in [0.1, 0.15) is 65.2 Å². The minimum atomic E-state index is -2.90. The maximum absolute atomic E-state index is 12.7. The summed E-state index contributed by atoms with van der Waals surface area (Å²) < 4.78 is 12.7. The molecule has 2 fully saturated rings. The van der Waals surface area contributed by atoms with E-state index in [0.717, 1.165) is 63.2 Å². The molecule has 0 aromatic rings. The van der Waals surface area contributed by atoms with E-state index >= 15 is 0 Å². The molecule has 2 nitrogen and oxygen atoms in total. The van der Waals surface area contributed by atoms with E-state index in [4.69, 9.17) is 0 Å². The highest BCUT2D eigenvalue weighted by Gasteiger charge is 2.41. The van der Waals surface area contributed by atoms with Gasteiger partial charge in [0.2, 0.25) is 7.37 Å². The van der Waals surface area contributed by atoms with Crippen LogP contribution in [-0.4, -0.2) is 16.2 Å². The molecule has 0 heterocycles. The van der Waals surface area contributed by atoms with Gasteiger partial charge in [0.05, 0.1) is 0 Å². The maximum Gasteiger partial charge on any atom is 0.206 e. The van der Waals surface area contributed by atoms with Gasteiger partial charge < -0.3 is 4.89 Å². The predicted octanol–water partition coefficient (Wildman–Crippen LogP) is 4.41. The molecule has 2 rings (SSSR count). The number of rotatable bonds is 2. The Kier molecular flexibility index (Phi) is 4.36. The third-order valence-electron chi connectivity index (χ3n) is 5.02. The molecule has 0 bridgehead atoms. The van der Waals surface area contributed by atoms with Crippen LogP contribution < -0.4 is 0 Å². The summed E-state index contributed by atoms with van der Waals surface area (Å²) in [6.07, 6.45) is 8.55. The molecule has 3 heteroatoms. The third kappa shape index (κ3) is 3.15. The second kappa shape index (κ2) is 5.45. The molecule has 2 aliphatic rings. The molecular weight excluding hydrogens is 231 g/mol. The van der Waals surface area contributed by atoms with E-state index in [0.29, 0.717) is 0 Å². The van der Waals surface area contributed by atoms with E-state index in [2.05, 4.69) is 13.8 Å². The van der Waals surface area contributed by atoms with E-state index in [1.54, 1.807) is 0 Å². The number of hydrogen-bond donors (Lipinski definition) is 1. The normalized spacial score (nSPS) is 43.0. The Hall–Kier alpha value is 0.190. The second-order valence-corrected chi connectivity index (χ2v) is 9.31. The highest BCUT2D eigenvalue weighted by atomic mass is 31.2. The Morgan fingerprint density at radius 3 is 1.35 bits per heavy atom. The lowest BCUT2D eigenvalue weighted by Gasteiger charge is -2.36. The molecule has 17 heavy (non-hydrogen) atoms. The molecule has 0 amide bonds. The summed E-state index contributed by atoms with van der Waals surface area (Å²) in [5.41, 5.74) is 0.245. The van der Waals surface area contributed by atoms with Crippen molar-refractivity contribution in [2.24, 2.45) is 11.8 Å². The van der Waals surface area contributed by atoms with Crippen LogP contribution in [-0.2, 0) is 4.57 Å². The molecule has 0 aliphatic heterocycles. The van der Waals surface area contributed by atoms with Gasteiger partial charge in [-0.1, -0.05) is 13.8 Å². The monoisotopic (exact) mass is 258 g/mol.